The molecule has 3 heterocycles. The number of halogens is 3. The summed E-state index contributed by atoms with van der Waals surface area (Å²) in [6.45, 7) is 8.89. The maximum atomic E-state index is 13.1. The Bertz CT molecular complexity index is 1380. The minimum atomic E-state index is -4.40. The van der Waals surface area contributed by atoms with Crippen molar-refractivity contribution in [1.82, 2.24) is 14.7 Å². The molecule has 0 bridgehead atoms. The van der Waals surface area contributed by atoms with Crippen molar-refractivity contribution in [2.45, 2.75) is 69.9 Å². The van der Waals surface area contributed by atoms with E-state index in [0.717, 1.165) is 36.2 Å². The number of rotatable bonds is 7. The maximum absolute atomic E-state index is 13.1. The summed E-state index contributed by atoms with van der Waals surface area (Å²) in [5, 5.41) is 0. The summed E-state index contributed by atoms with van der Waals surface area (Å²) in [4.78, 5) is 10.6. The number of aryl methyl sites for hydroxylation is 1. The molecule has 1 aliphatic heterocycles. The van der Waals surface area contributed by atoms with Gasteiger partial charge in [-0.25, -0.2) is 18.1 Å². The van der Waals surface area contributed by atoms with Gasteiger partial charge in [0, 0.05) is 36.6 Å². The van der Waals surface area contributed by atoms with Gasteiger partial charge in [0.2, 0.25) is 10.0 Å². The number of benzene rings is 1. The fourth-order valence-corrected chi connectivity index (χ4v) is 6.03. The van der Waals surface area contributed by atoms with Crippen molar-refractivity contribution in [3.05, 3.63) is 71.5 Å². The third-order valence-corrected chi connectivity index (χ3v) is 8.11. The average Bonchev–Trinajstić information content (AvgIpc) is 2.86. The van der Waals surface area contributed by atoms with Crippen molar-refractivity contribution < 1.29 is 26.3 Å². The zero-order chi connectivity index (χ0) is 28.4. The first-order valence-electron chi connectivity index (χ1n) is 12.7. The molecule has 1 fully saturated rings. The highest BCUT2D eigenvalue weighted by Crippen LogP contribution is 2.31. The van der Waals surface area contributed by atoms with Gasteiger partial charge in [0.25, 0.3) is 0 Å². The van der Waals surface area contributed by atoms with E-state index in [4.69, 9.17) is 4.74 Å². The van der Waals surface area contributed by atoms with E-state index in [9.17, 15) is 21.6 Å². The Kier molecular flexibility index (Phi) is 8.34. The molecule has 0 atom stereocenters. The van der Waals surface area contributed by atoms with Crippen LogP contribution < -0.4 is 9.62 Å². The molecule has 0 spiro atoms. The van der Waals surface area contributed by atoms with E-state index in [-0.39, 0.29) is 11.0 Å². The molecule has 1 aliphatic rings. The normalized spacial score (nSPS) is 15.5. The molecule has 39 heavy (non-hydrogen) atoms. The molecule has 0 unspecified atom stereocenters. The Morgan fingerprint density at radius 3 is 2.28 bits per heavy atom. The molecule has 1 N–H and O–H groups in total. The second-order valence-electron chi connectivity index (χ2n) is 10.8. The highest BCUT2D eigenvalue weighted by molar-refractivity contribution is 7.89. The summed E-state index contributed by atoms with van der Waals surface area (Å²) in [6, 6.07) is 11.3. The maximum Gasteiger partial charge on any atom is 0.417 e. The lowest BCUT2D eigenvalue weighted by Crippen LogP contribution is -2.40. The van der Waals surface area contributed by atoms with Crippen molar-refractivity contribution in [2.75, 3.05) is 18.0 Å². The van der Waals surface area contributed by atoms with Gasteiger partial charge < -0.3 is 9.64 Å². The van der Waals surface area contributed by atoms with Crippen LogP contribution in [0.15, 0.2) is 59.8 Å². The van der Waals surface area contributed by atoms with E-state index < -0.39 is 27.3 Å². The number of hydrogen-bond acceptors (Lipinski definition) is 6. The molecular weight excluding hydrogens is 529 g/mol. The molecule has 1 aromatic carbocycles. The molecule has 0 aliphatic carbocycles. The Labute approximate surface area is 227 Å². The summed E-state index contributed by atoms with van der Waals surface area (Å²) in [5.74, 6) is 0.525. The summed E-state index contributed by atoms with van der Waals surface area (Å²) in [6.07, 6.45) is -0.397. The largest absolute Gasteiger partial charge is 0.417 e. The highest BCUT2D eigenvalue weighted by atomic mass is 32.2. The van der Waals surface area contributed by atoms with Crippen LogP contribution in [0.25, 0.3) is 11.3 Å². The van der Waals surface area contributed by atoms with E-state index in [1.165, 1.54) is 6.07 Å². The first kappa shape index (κ1) is 29.0. The zero-order valence-electron chi connectivity index (χ0n) is 22.4. The topological polar surface area (TPSA) is 84.4 Å². The van der Waals surface area contributed by atoms with Crippen LogP contribution in [0.3, 0.4) is 0 Å². The molecular formula is C28H33F3N4O3S. The van der Waals surface area contributed by atoms with Gasteiger partial charge in [0.15, 0.2) is 0 Å². The lowest BCUT2D eigenvalue weighted by molar-refractivity contribution is -0.137. The number of anilines is 1. The Balaban J connectivity index is 1.36. The molecule has 210 valence electrons. The lowest BCUT2D eigenvalue weighted by Gasteiger charge is -2.32. The van der Waals surface area contributed by atoms with E-state index in [2.05, 4.69) is 14.7 Å². The number of hydrogen-bond donors (Lipinski definition) is 1. The molecule has 1 saturated heterocycles. The predicted octanol–water partition coefficient (Wildman–Crippen LogP) is 5.73. The molecule has 0 saturated carbocycles. The SMILES string of the molecule is Cc1ccc(S(=O)(=O)NC(C)(C)C)c(-c2ccc(COC3CCN(c4ccc(C(F)(F)F)cn4)CC3)cn2)c1. The van der Waals surface area contributed by atoms with Crippen LogP contribution in [0.5, 0.6) is 0 Å². The zero-order valence-corrected chi connectivity index (χ0v) is 23.2. The molecule has 7 nitrogen and oxygen atoms in total. The molecule has 2 aromatic heterocycles. The second-order valence-corrected chi connectivity index (χ2v) is 12.5. The molecule has 4 rings (SSSR count). The van der Waals surface area contributed by atoms with Crippen LogP contribution in [0.1, 0.15) is 50.3 Å². The van der Waals surface area contributed by atoms with Crippen molar-refractivity contribution in [1.29, 1.82) is 0 Å². The van der Waals surface area contributed by atoms with Gasteiger partial charge in [-0.2, -0.15) is 13.2 Å². The van der Waals surface area contributed by atoms with Gasteiger partial charge in [0.05, 0.1) is 28.9 Å². The number of nitrogens with zero attached hydrogens (tertiary/aromatic N) is 3. The Morgan fingerprint density at radius 2 is 1.72 bits per heavy atom. The number of aromatic nitrogens is 2. The van der Waals surface area contributed by atoms with Gasteiger partial charge in [-0.3, -0.25) is 4.98 Å². The van der Waals surface area contributed by atoms with Crippen molar-refractivity contribution >= 4 is 15.8 Å². The van der Waals surface area contributed by atoms with Crippen molar-refractivity contribution in [3.63, 3.8) is 0 Å². The van der Waals surface area contributed by atoms with E-state index in [1.807, 2.05) is 24.0 Å². The molecule has 0 radical (unpaired) electrons. The highest BCUT2D eigenvalue weighted by Gasteiger charge is 2.31. The van der Waals surface area contributed by atoms with Crippen LogP contribution >= 0.6 is 0 Å². The second kappa shape index (κ2) is 11.2. The summed E-state index contributed by atoms with van der Waals surface area (Å²) in [5.41, 5.74) is 1.48. The third kappa shape index (κ3) is 7.55. The first-order valence-corrected chi connectivity index (χ1v) is 14.2. The third-order valence-electron chi connectivity index (χ3n) is 6.29. The standard InChI is InChI=1S/C28H33F3N4O3S/c1-19-5-9-25(39(36,37)34-27(2,3)4)23(15-19)24-8-6-20(16-32-24)18-38-22-11-13-35(14-12-22)26-10-7-21(17-33-26)28(29,30)31/h5-10,15-17,22,34H,11-14,18H2,1-4H3. The quantitative estimate of drug-likeness (QED) is 0.396. The van der Waals surface area contributed by atoms with Crippen LogP contribution in [-0.4, -0.2) is 43.1 Å². The monoisotopic (exact) mass is 562 g/mol. The summed E-state index contributed by atoms with van der Waals surface area (Å²) >= 11 is 0. The van der Waals surface area contributed by atoms with Crippen LogP contribution in [0, 0.1) is 6.92 Å². The number of pyridine rings is 2. The lowest BCUT2D eigenvalue weighted by atomic mass is 10.1. The summed E-state index contributed by atoms with van der Waals surface area (Å²) < 4.78 is 73.2. The summed E-state index contributed by atoms with van der Waals surface area (Å²) in [7, 11) is -3.75. The predicted molar refractivity (Wildman–Crippen MR) is 144 cm³/mol. The molecule has 11 heteroatoms. The van der Waals surface area contributed by atoms with Gasteiger partial charge in [0.1, 0.15) is 5.82 Å². The number of ether oxygens (including phenoxy) is 1. The van der Waals surface area contributed by atoms with Crippen LogP contribution in [-0.2, 0) is 27.5 Å². The van der Waals surface area contributed by atoms with Crippen LogP contribution in [0.4, 0.5) is 19.0 Å². The minimum Gasteiger partial charge on any atom is -0.373 e. The van der Waals surface area contributed by atoms with Gasteiger partial charge >= 0.3 is 6.18 Å². The van der Waals surface area contributed by atoms with Crippen LogP contribution in [0.2, 0.25) is 0 Å². The number of alkyl halides is 3. The van der Waals surface area contributed by atoms with Gasteiger partial charge in [-0.05, 0) is 76.4 Å². The molecule has 0 amide bonds. The minimum absolute atomic E-state index is 0.00682. The smallest absolute Gasteiger partial charge is 0.373 e. The first-order chi connectivity index (χ1) is 18.2. The Hall–Kier alpha value is -3.02. The van der Waals surface area contributed by atoms with Crippen molar-refractivity contribution in [2.24, 2.45) is 0 Å². The van der Waals surface area contributed by atoms with E-state index >= 15 is 0 Å². The van der Waals surface area contributed by atoms with Crippen molar-refractivity contribution in [3.8, 4) is 11.3 Å². The number of piperidine rings is 1. The van der Waals surface area contributed by atoms with E-state index in [1.54, 1.807) is 45.2 Å². The van der Waals surface area contributed by atoms with E-state index in [0.29, 0.717) is 36.8 Å². The molecule has 3 aromatic rings. The average molecular weight is 563 g/mol. The Morgan fingerprint density at radius 1 is 1.00 bits per heavy atom. The number of sulfonamides is 1. The fraction of sp³-hybridized carbons (Fsp3) is 0.429. The van der Waals surface area contributed by atoms with Gasteiger partial charge in [-0.15, -0.1) is 0 Å². The number of nitrogens with one attached hydrogen (secondary N) is 1. The van der Waals surface area contributed by atoms with Gasteiger partial charge in [-0.1, -0.05) is 17.7 Å². The fourth-order valence-electron chi connectivity index (χ4n) is 4.41.